The Balaban J connectivity index is 0.00000131. The van der Waals surface area contributed by atoms with Crippen LogP contribution < -0.4 is 5.48 Å². The maximum Gasteiger partial charge on any atom is 0.274 e. The van der Waals surface area contributed by atoms with Crippen LogP contribution in [0.3, 0.4) is 0 Å². The lowest BCUT2D eigenvalue weighted by atomic mass is 9.58. The second kappa shape index (κ2) is 5.78. The van der Waals surface area contributed by atoms with E-state index in [4.69, 9.17) is 5.21 Å². The summed E-state index contributed by atoms with van der Waals surface area (Å²) < 4.78 is 14.5. The third-order valence-corrected chi connectivity index (χ3v) is 6.20. The molecule has 1 aromatic rings. The number of halogens is 1. The van der Waals surface area contributed by atoms with Gasteiger partial charge in [-0.15, -0.1) is 0 Å². The van der Waals surface area contributed by atoms with Crippen LogP contribution in [0.5, 0.6) is 0 Å². The molecular weight excluding hydrogens is 325 g/mol. The van der Waals surface area contributed by atoms with Gasteiger partial charge in [0, 0.05) is 58.5 Å². The van der Waals surface area contributed by atoms with Crippen molar-refractivity contribution in [2.24, 2.45) is 5.41 Å². The van der Waals surface area contributed by atoms with Crippen LogP contribution in [-0.4, -0.2) is 52.5 Å². The number of fused-ring (bicyclic) bond motifs is 1. The van der Waals surface area contributed by atoms with Crippen molar-refractivity contribution in [2.75, 3.05) is 19.6 Å². The predicted octanol–water partition coefficient (Wildman–Crippen LogP) is 1.81. The zero-order chi connectivity index (χ0) is 17.8. The Hall–Kier alpha value is -1.99. The van der Waals surface area contributed by atoms with Crippen molar-refractivity contribution >= 4 is 11.8 Å². The van der Waals surface area contributed by atoms with Crippen LogP contribution in [0.4, 0.5) is 4.39 Å². The van der Waals surface area contributed by atoms with Gasteiger partial charge in [-0.2, -0.15) is 0 Å². The molecule has 1 aliphatic carbocycles. The molecule has 2 N–H and O–H groups in total. The molecule has 1 saturated carbocycles. The van der Waals surface area contributed by atoms with Crippen LogP contribution in [0.15, 0.2) is 12.1 Å². The van der Waals surface area contributed by atoms with Crippen LogP contribution in [0.1, 0.15) is 44.1 Å². The van der Waals surface area contributed by atoms with Crippen molar-refractivity contribution in [1.29, 1.82) is 0 Å². The molecule has 1 aromatic carbocycles. The number of hydroxylamine groups is 1. The first-order valence-electron chi connectivity index (χ1n) is 8.69. The number of carbonyl (C=O) groups excluding carboxylic acids is 2. The van der Waals surface area contributed by atoms with E-state index in [1.54, 1.807) is 18.5 Å². The third kappa shape index (κ3) is 2.53. The molecule has 0 radical (unpaired) electrons. The first-order chi connectivity index (χ1) is 11.9. The molecule has 1 atom stereocenters. The molecule has 2 amide bonds. The summed E-state index contributed by atoms with van der Waals surface area (Å²) in [5.74, 6) is -0.963. The molecule has 2 fully saturated rings. The van der Waals surface area contributed by atoms with Gasteiger partial charge in [0.15, 0.2) is 0 Å². The summed E-state index contributed by atoms with van der Waals surface area (Å²) in [6.07, 6.45) is 2.90. The first-order valence-corrected chi connectivity index (χ1v) is 8.69. The largest absolute Gasteiger partial charge is 0.342 e. The van der Waals surface area contributed by atoms with Crippen LogP contribution in [0.2, 0.25) is 0 Å². The SMILES string of the molecule is CC(=O)N1CC2(CCC2N2CCc3cc(C(=O)NO)cc(F)c3C2)C1.[HH].[HH]. The zero-order valence-electron chi connectivity index (χ0n) is 14.2. The smallest absolute Gasteiger partial charge is 0.274 e. The van der Waals surface area contributed by atoms with Gasteiger partial charge in [-0.3, -0.25) is 19.7 Å². The number of benzene rings is 1. The number of rotatable bonds is 2. The number of carbonyl (C=O) groups is 2. The van der Waals surface area contributed by atoms with Crippen molar-refractivity contribution in [2.45, 2.75) is 38.8 Å². The van der Waals surface area contributed by atoms with Crippen LogP contribution in [0.25, 0.3) is 0 Å². The molecule has 7 heteroatoms. The number of amides is 2. The average Bonchev–Trinajstić information content (AvgIpc) is 2.52. The highest BCUT2D eigenvalue weighted by Crippen LogP contribution is 2.51. The number of likely N-dealkylation sites (tertiary alicyclic amines) is 1. The highest BCUT2D eigenvalue weighted by atomic mass is 19.1. The van der Waals surface area contributed by atoms with Crippen molar-refractivity contribution in [1.82, 2.24) is 15.3 Å². The van der Waals surface area contributed by atoms with Gasteiger partial charge in [0.1, 0.15) is 5.82 Å². The second-order valence-corrected chi connectivity index (χ2v) is 7.55. The Morgan fingerprint density at radius 1 is 1.40 bits per heavy atom. The van der Waals surface area contributed by atoms with Gasteiger partial charge in [0.2, 0.25) is 5.91 Å². The second-order valence-electron chi connectivity index (χ2n) is 7.55. The monoisotopic (exact) mass is 351 g/mol. The topological polar surface area (TPSA) is 72.9 Å². The van der Waals surface area contributed by atoms with Crippen LogP contribution in [0, 0.1) is 11.2 Å². The summed E-state index contributed by atoms with van der Waals surface area (Å²) in [5, 5.41) is 8.73. The van der Waals surface area contributed by atoms with Gasteiger partial charge in [-0.25, -0.2) is 9.87 Å². The molecular formula is C18H26FN3O3. The zero-order valence-corrected chi connectivity index (χ0v) is 14.2. The fourth-order valence-electron chi connectivity index (χ4n) is 4.66. The van der Waals surface area contributed by atoms with Gasteiger partial charge in [-0.1, -0.05) is 0 Å². The Labute approximate surface area is 148 Å². The molecule has 1 saturated heterocycles. The summed E-state index contributed by atoms with van der Waals surface area (Å²) in [4.78, 5) is 27.2. The van der Waals surface area contributed by atoms with E-state index in [1.807, 2.05) is 4.90 Å². The van der Waals surface area contributed by atoms with E-state index in [-0.39, 0.29) is 19.7 Å². The van der Waals surface area contributed by atoms with Crippen LogP contribution >= 0.6 is 0 Å². The number of hydrogen-bond acceptors (Lipinski definition) is 4. The van der Waals surface area contributed by atoms with Gasteiger partial charge < -0.3 is 4.90 Å². The maximum atomic E-state index is 14.5. The molecule has 3 aliphatic rings. The Morgan fingerprint density at radius 3 is 2.76 bits per heavy atom. The molecule has 4 rings (SSSR count). The minimum atomic E-state index is -0.694. The molecule has 0 bridgehead atoms. The first kappa shape index (κ1) is 16.5. The summed E-state index contributed by atoms with van der Waals surface area (Å²) >= 11 is 0. The molecule has 1 spiro atoms. The van der Waals surface area contributed by atoms with E-state index in [2.05, 4.69) is 4.90 Å². The number of nitrogens with zero attached hydrogens (tertiary/aromatic N) is 2. The van der Waals surface area contributed by atoms with E-state index in [0.717, 1.165) is 38.0 Å². The highest BCUT2D eigenvalue weighted by Gasteiger charge is 2.57. The molecule has 6 nitrogen and oxygen atoms in total. The fraction of sp³-hybridized carbons (Fsp3) is 0.556. The van der Waals surface area contributed by atoms with Crippen molar-refractivity contribution in [3.8, 4) is 0 Å². The lowest BCUT2D eigenvalue weighted by Gasteiger charge is -2.63. The maximum absolute atomic E-state index is 14.5. The third-order valence-electron chi connectivity index (χ3n) is 6.20. The Kier molecular flexibility index (Phi) is 3.81. The normalized spacial score (nSPS) is 24.3. The van der Waals surface area contributed by atoms with E-state index < -0.39 is 11.7 Å². The van der Waals surface area contributed by atoms with Crippen molar-refractivity contribution < 1.29 is 22.0 Å². The van der Waals surface area contributed by atoms with Crippen molar-refractivity contribution in [3.63, 3.8) is 0 Å². The number of nitrogens with one attached hydrogen (secondary N) is 1. The molecule has 1 unspecified atom stereocenters. The van der Waals surface area contributed by atoms with E-state index >= 15 is 0 Å². The summed E-state index contributed by atoms with van der Waals surface area (Å²) in [7, 11) is 0. The lowest BCUT2D eigenvalue weighted by molar-refractivity contribution is -0.163. The molecule has 25 heavy (non-hydrogen) atoms. The van der Waals surface area contributed by atoms with Gasteiger partial charge in [0.05, 0.1) is 0 Å². The summed E-state index contributed by atoms with van der Waals surface area (Å²) in [5.41, 5.74) is 3.36. The van der Waals surface area contributed by atoms with Gasteiger partial charge in [0.25, 0.3) is 5.91 Å². The van der Waals surface area contributed by atoms with E-state index in [1.165, 1.54) is 6.07 Å². The van der Waals surface area contributed by atoms with Gasteiger partial charge >= 0.3 is 0 Å². The standard InChI is InChI=1S/C18H22FN3O3.2H2/c1-11(23)22-9-18(10-22)4-2-16(18)21-5-3-12-6-13(17(24)20-25)7-15(19)14(12)8-21;;/h6-7,16,25H,2-5,8-10H2,1H3,(H,20,24);2*1H. The summed E-state index contributed by atoms with van der Waals surface area (Å²) in [6.45, 7) is 4.59. The summed E-state index contributed by atoms with van der Waals surface area (Å²) in [6, 6.07) is 3.25. The Bertz CT molecular complexity index is 756. The van der Waals surface area contributed by atoms with Crippen LogP contribution in [-0.2, 0) is 17.8 Å². The van der Waals surface area contributed by atoms with E-state index in [9.17, 15) is 14.0 Å². The molecule has 2 aliphatic heterocycles. The minimum absolute atomic E-state index is 0. The Morgan fingerprint density at radius 2 is 2.16 bits per heavy atom. The fourth-order valence-corrected chi connectivity index (χ4v) is 4.66. The molecule has 138 valence electrons. The molecule has 2 heterocycles. The quantitative estimate of drug-likeness (QED) is 0.630. The van der Waals surface area contributed by atoms with E-state index in [0.29, 0.717) is 24.6 Å². The molecule has 0 aromatic heterocycles. The highest BCUT2D eigenvalue weighted by molar-refractivity contribution is 5.93. The predicted molar refractivity (Wildman–Crippen MR) is 91.7 cm³/mol. The van der Waals surface area contributed by atoms with Gasteiger partial charge in [-0.05, 0) is 37.0 Å². The number of hydrogen-bond donors (Lipinski definition) is 2. The average molecular weight is 351 g/mol. The van der Waals surface area contributed by atoms with Crippen molar-refractivity contribution in [3.05, 3.63) is 34.6 Å². The minimum Gasteiger partial charge on any atom is -0.342 e. The lowest BCUT2D eigenvalue weighted by Crippen LogP contribution is -2.71.